The second-order valence-electron chi connectivity index (χ2n) is 8.33. The van der Waals surface area contributed by atoms with Crippen molar-refractivity contribution in [2.24, 2.45) is 0 Å². The monoisotopic (exact) mass is 495 g/mol. The van der Waals surface area contributed by atoms with Gasteiger partial charge in [-0.1, -0.05) is 11.6 Å². The minimum atomic E-state index is -0.866. The highest BCUT2D eigenvalue weighted by atomic mass is 35.5. The number of rotatable bonds is 8. The van der Waals surface area contributed by atoms with Gasteiger partial charge in [0.1, 0.15) is 23.9 Å². The zero-order valence-electron chi connectivity index (χ0n) is 19.7. The van der Waals surface area contributed by atoms with Crippen molar-refractivity contribution in [3.63, 3.8) is 0 Å². The van der Waals surface area contributed by atoms with E-state index in [2.05, 4.69) is 10.6 Å². The minimum Gasteiger partial charge on any atom is -0.495 e. The van der Waals surface area contributed by atoms with Crippen molar-refractivity contribution in [1.82, 2.24) is 15.5 Å². The highest BCUT2D eigenvalue weighted by Crippen LogP contribution is 2.29. The van der Waals surface area contributed by atoms with Crippen LogP contribution in [-0.4, -0.2) is 73.3 Å². The number of likely N-dealkylation sites (tertiary alicyclic amines) is 1. The van der Waals surface area contributed by atoms with Gasteiger partial charge in [-0.3, -0.25) is 19.2 Å². The summed E-state index contributed by atoms with van der Waals surface area (Å²) < 4.78 is 15.7. The molecule has 0 bridgehead atoms. The first-order valence-corrected chi connectivity index (χ1v) is 11.6. The van der Waals surface area contributed by atoms with Crippen LogP contribution in [-0.2, 0) is 23.9 Å². The van der Waals surface area contributed by atoms with Crippen molar-refractivity contribution in [3.8, 4) is 5.75 Å². The predicted octanol–water partition coefficient (Wildman–Crippen LogP) is 1.56. The zero-order valence-corrected chi connectivity index (χ0v) is 20.4. The first-order chi connectivity index (χ1) is 16.2. The van der Waals surface area contributed by atoms with Crippen LogP contribution in [0.15, 0.2) is 12.1 Å². The molecule has 186 valence electrons. The van der Waals surface area contributed by atoms with Crippen LogP contribution in [0.5, 0.6) is 5.75 Å². The highest BCUT2D eigenvalue weighted by Gasteiger charge is 2.41. The van der Waals surface area contributed by atoms with E-state index in [1.165, 1.54) is 18.1 Å². The number of nitrogens with one attached hydrogen (secondary N) is 2. The molecule has 2 aliphatic heterocycles. The lowest BCUT2D eigenvalue weighted by Crippen LogP contribution is -2.54. The molecule has 0 aromatic heterocycles. The molecule has 2 aliphatic rings. The van der Waals surface area contributed by atoms with Gasteiger partial charge in [-0.2, -0.15) is 0 Å². The van der Waals surface area contributed by atoms with Gasteiger partial charge in [0.2, 0.25) is 18.1 Å². The molecule has 0 radical (unpaired) electrons. The van der Waals surface area contributed by atoms with E-state index < -0.39 is 36.3 Å². The fraction of sp³-hybridized carbons (Fsp3) is 0.565. The van der Waals surface area contributed by atoms with Crippen LogP contribution in [0, 0.1) is 6.92 Å². The van der Waals surface area contributed by atoms with E-state index >= 15 is 0 Å². The number of hydrogen-bond acceptors (Lipinski definition) is 7. The average Bonchev–Trinajstić information content (AvgIpc) is 3.40. The summed E-state index contributed by atoms with van der Waals surface area (Å²) in [6, 6.07) is 0.921. The fourth-order valence-corrected chi connectivity index (χ4v) is 4.61. The number of benzene rings is 1. The van der Waals surface area contributed by atoms with Gasteiger partial charge in [0.15, 0.2) is 0 Å². The maximum atomic E-state index is 13.1. The van der Waals surface area contributed by atoms with E-state index in [0.717, 1.165) is 0 Å². The van der Waals surface area contributed by atoms with Gasteiger partial charge in [-0.05, 0) is 51.3 Å². The van der Waals surface area contributed by atoms with Gasteiger partial charge in [0, 0.05) is 18.7 Å². The lowest BCUT2D eigenvalue weighted by atomic mass is 10.1. The molecule has 0 saturated carbocycles. The Balaban J connectivity index is 1.63. The number of methoxy groups -OCH3 is 1. The normalized spacial score (nSPS) is 22.8. The lowest BCUT2D eigenvalue weighted by molar-refractivity contribution is -0.164. The van der Waals surface area contributed by atoms with Crippen molar-refractivity contribution in [3.05, 3.63) is 28.3 Å². The highest BCUT2D eigenvalue weighted by molar-refractivity contribution is 6.32. The second kappa shape index (κ2) is 11.1. The number of ether oxygens (including phenoxy) is 3. The van der Waals surface area contributed by atoms with Gasteiger partial charge in [0.25, 0.3) is 5.91 Å². The summed E-state index contributed by atoms with van der Waals surface area (Å²) in [5, 5.41) is 5.76. The van der Waals surface area contributed by atoms with Gasteiger partial charge in [-0.15, -0.1) is 0 Å². The van der Waals surface area contributed by atoms with E-state index in [1.807, 2.05) is 0 Å². The molecule has 0 aliphatic carbocycles. The average molecular weight is 496 g/mol. The number of carbonyl (C=O) groups is 4. The van der Waals surface area contributed by atoms with Crippen LogP contribution in [0.25, 0.3) is 0 Å². The Hall–Kier alpha value is -2.85. The smallest absolute Gasteiger partial charge is 0.310 e. The molecule has 2 heterocycles. The quantitative estimate of drug-likeness (QED) is 0.524. The molecule has 3 amide bonds. The van der Waals surface area contributed by atoms with Crippen molar-refractivity contribution < 1.29 is 33.4 Å². The Morgan fingerprint density at radius 3 is 2.71 bits per heavy atom. The van der Waals surface area contributed by atoms with Gasteiger partial charge in [0.05, 0.1) is 18.6 Å². The predicted molar refractivity (Wildman–Crippen MR) is 122 cm³/mol. The Morgan fingerprint density at radius 1 is 1.32 bits per heavy atom. The van der Waals surface area contributed by atoms with Crippen molar-refractivity contribution in [2.45, 2.75) is 64.4 Å². The molecule has 34 heavy (non-hydrogen) atoms. The third kappa shape index (κ3) is 5.61. The number of cyclic esters (lactones) is 1. The van der Waals surface area contributed by atoms with Crippen molar-refractivity contribution >= 4 is 35.3 Å². The molecule has 0 spiro atoms. The zero-order chi connectivity index (χ0) is 25.0. The molecular formula is C23H30ClN3O7. The summed E-state index contributed by atoms with van der Waals surface area (Å²) in [5.74, 6) is -1.19. The van der Waals surface area contributed by atoms with Crippen LogP contribution in [0.1, 0.15) is 49.0 Å². The summed E-state index contributed by atoms with van der Waals surface area (Å²) >= 11 is 6.18. The maximum Gasteiger partial charge on any atom is 0.310 e. The SMILES string of the molecule is CCOC1OC(=O)C[C@@H]1NC(=O)[C@@H]1CCCN1C(=O)[C@H](C)NC(=O)c1cc(C)c(OC)c(Cl)c1. The number of nitrogens with zero attached hydrogens (tertiary/aromatic N) is 1. The van der Waals surface area contributed by atoms with E-state index in [-0.39, 0.29) is 18.2 Å². The maximum absolute atomic E-state index is 13.1. The minimum absolute atomic E-state index is 0.00731. The molecule has 2 N–H and O–H groups in total. The van der Waals surface area contributed by atoms with Crippen LogP contribution < -0.4 is 15.4 Å². The summed E-state index contributed by atoms with van der Waals surface area (Å²) in [6.07, 6.45) is 0.289. The molecule has 2 saturated heterocycles. The number of aryl methyl sites for hydroxylation is 1. The van der Waals surface area contributed by atoms with E-state index in [4.69, 9.17) is 25.8 Å². The first kappa shape index (κ1) is 25.8. The van der Waals surface area contributed by atoms with Crippen LogP contribution in [0.3, 0.4) is 0 Å². The Morgan fingerprint density at radius 2 is 2.06 bits per heavy atom. The lowest BCUT2D eigenvalue weighted by Gasteiger charge is -2.28. The summed E-state index contributed by atoms with van der Waals surface area (Å²) in [6.45, 7) is 5.82. The Kier molecular flexibility index (Phi) is 8.37. The van der Waals surface area contributed by atoms with E-state index in [0.29, 0.717) is 47.9 Å². The van der Waals surface area contributed by atoms with Crippen LogP contribution in [0.2, 0.25) is 5.02 Å². The molecular weight excluding hydrogens is 466 g/mol. The summed E-state index contributed by atoms with van der Waals surface area (Å²) in [7, 11) is 1.49. The van der Waals surface area contributed by atoms with Crippen molar-refractivity contribution in [1.29, 1.82) is 0 Å². The van der Waals surface area contributed by atoms with Gasteiger partial charge >= 0.3 is 5.97 Å². The van der Waals surface area contributed by atoms with E-state index in [9.17, 15) is 19.2 Å². The van der Waals surface area contributed by atoms with Gasteiger partial charge < -0.3 is 29.7 Å². The summed E-state index contributed by atoms with van der Waals surface area (Å²) in [4.78, 5) is 51.8. The Labute approximate surface area is 203 Å². The number of halogens is 1. The number of carbonyl (C=O) groups excluding carboxylic acids is 4. The third-order valence-electron chi connectivity index (χ3n) is 5.87. The molecule has 2 fully saturated rings. The molecule has 4 atom stereocenters. The largest absolute Gasteiger partial charge is 0.495 e. The molecule has 11 heteroatoms. The van der Waals surface area contributed by atoms with Crippen LogP contribution >= 0.6 is 11.6 Å². The molecule has 1 aromatic rings. The van der Waals surface area contributed by atoms with Crippen LogP contribution in [0.4, 0.5) is 0 Å². The Bertz CT molecular complexity index is 947. The van der Waals surface area contributed by atoms with E-state index in [1.54, 1.807) is 26.8 Å². The number of amides is 3. The molecule has 10 nitrogen and oxygen atoms in total. The summed E-state index contributed by atoms with van der Waals surface area (Å²) in [5.41, 5.74) is 0.988. The number of hydrogen-bond donors (Lipinski definition) is 2. The van der Waals surface area contributed by atoms with Gasteiger partial charge in [-0.25, -0.2) is 0 Å². The van der Waals surface area contributed by atoms with Crippen molar-refractivity contribution in [2.75, 3.05) is 20.3 Å². The first-order valence-electron chi connectivity index (χ1n) is 11.2. The topological polar surface area (TPSA) is 123 Å². The standard InChI is InChI=1S/C23H30ClN3O7/c1-5-33-23-16(11-18(28)34-23)26-21(30)17-7-6-8-27(17)22(31)13(3)25-20(29)14-9-12(2)19(32-4)15(24)10-14/h9-10,13,16-17,23H,5-8,11H2,1-4H3,(H,25,29)(H,26,30)/t13-,16-,17-,23?/m0/s1. The number of esters is 1. The molecule has 1 aromatic carbocycles. The second-order valence-corrected chi connectivity index (χ2v) is 8.73. The third-order valence-corrected chi connectivity index (χ3v) is 6.15. The molecule has 1 unspecified atom stereocenters. The fourth-order valence-electron chi connectivity index (χ4n) is 4.26. The molecule has 3 rings (SSSR count).